The number of carbonyl (C=O) groups is 4. The van der Waals surface area contributed by atoms with Gasteiger partial charge < -0.3 is 26.2 Å². The first-order valence-corrected chi connectivity index (χ1v) is 7.89. The Morgan fingerprint density at radius 3 is 2.27 bits per heavy atom. The van der Waals surface area contributed by atoms with E-state index in [1.807, 2.05) is 6.26 Å². The Bertz CT molecular complexity index is 406. The molecule has 22 heavy (non-hydrogen) atoms. The van der Waals surface area contributed by atoms with Crippen molar-refractivity contribution in [3.05, 3.63) is 0 Å². The van der Waals surface area contributed by atoms with Crippen LogP contribution in [0.3, 0.4) is 0 Å². The van der Waals surface area contributed by atoms with Gasteiger partial charge in [0.25, 0.3) is 0 Å². The van der Waals surface area contributed by atoms with Crippen LogP contribution in [0.15, 0.2) is 0 Å². The van der Waals surface area contributed by atoms with Gasteiger partial charge in [0.05, 0.1) is 6.61 Å². The lowest BCUT2D eigenvalue weighted by Gasteiger charge is -2.20. The van der Waals surface area contributed by atoms with Gasteiger partial charge in [-0.3, -0.25) is 14.4 Å². The maximum absolute atomic E-state index is 12.0. The highest BCUT2D eigenvalue weighted by Gasteiger charge is 2.25. The highest BCUT2D eigenvalue weighted by atomic mass is 32.2. The number of aliphatic carboxylic acids is 1. The third-order valence-corrected chi connectivity index (χ3v) is 3.39. The van der Waals surface area contributed by atoms with E-state index in [-0.39, 0.29) is 0 Å². The second kappa shape index (κ2) is 10.9. The van der Waals surface area contributed by atoms with Crippen molar-refractivity contribution in [1.29, 1.82) is 0 Å². The lowest BCUT2D eigenvalue weighted by molar-refractivity contribution is -0.143. The molecule has 0 aromatic rings. The molecule has 0 rings (SSSR count). The number of rotatable bonds is 11. The fourth-order valence-corrected chi connectivity index (χ4v) is 1.94. The fraction of sp³-hybridized carbons (Fsp3) is 0.667. The minimum absolute atomic E-state index is 0.397. The average molecular weight is 335 g/mol. The van der Waals surface area contributed by atoms with Crippen LogP contribution in [0.1, 0.15) is 13.3 Å². The molecule has 5 N–H and O–H groups in total. The van der Waals surface area contributed by atoms with Crippen LogP contribution in [0.4, 0.5) is 0 Å². The molecule has 0 spiro atoms. The molecular formula is C12H21N3O6S. The zero-order valence-corrected chi connectivity index (χ0v) is 13.2. The van der Waals surface area contributed by atoms with Crippen LogP contribution in [-0.2, 0) is 19.2 Å². The quantitative estimate of drug-likeness (QED) is 0.272. The fourth-order valence-electron chi connectivity index (χ4n) is 1.47. The highest BCUT2D eigenvalue weighted by Crippen LogP contribution is 2.01. The van der Waals surface area contributed by atoms with Crippen LogP contribution in [0, 0.1) is 0 Å². The third-order valence-electron chi connectivity index (χ3n) is 2.75. The van der Waals surface area contributed by atoms with E-state index in [1.165, 1.54) is 18.7 Å². The smallest absolute Gasteiger partial charge is 0.328 e. The summed E-state index contributed by atoms with van der Waals surface area (Å²) >= 11 is 1.50. The van der Waals surface area contributed by atoms with Crippen LogP contribution >= 0.6 is 11.8 Å². The van der Waals surface area contributed by atoms with E-state index in [0.717, 1.165) is 0 Å². The summed E-state index contributed by atoms with van der Waals surface area (Å²) in [5.41, 5.74) is 0. The minimum atomic E-state index is -1.44. The van der Waals surface area contributed by atoms with Crippen LogP contribution in [0.5, 0.6) is 0 Å². The van der Waals surface area contributed by atoms with E-state index in [9.17, 15) is 19.2 Å². The van der Waals surface area contributed by atoms with Crippen molar-refractivity contribution in [2.75, 3.05) is 18.6 Å². The van der Waals surface area contributed by atoms with Gasteiger partial charge in [0, 0.05) is 0 Å². The topological polar surface area (TPSA) is 145 Å². The predicted molar refractivity (Wildman–Crippen MR) is 80.2 cm³/mol. The first kappa shape index (κ1) is 20.2. The number of carboxylic acid groups (broad SMARTS) is 1. The lowest BCUT2D eigenvalue weighted by Crippen LogP contribution is -2.54. The Morgan fingerprint density at radius 1 is 1.18 bits per heavy atom. The molecule has 0 fully saturated rings. The molecular weight excluding hydrogens is 314 g/mol. The molecule has 0 bridgehead atoms. The van der Waals surface area contributed by atoms with Crippen molar-refractivity contribution in [2.45, 2.75) is 31.5 Å². The van der Waals surface area contributed by atoms with Gasteiger partial charge in [-0.1, -0.05) is 0 Å². The molecule has 0 unspecified atom stereocenters. The van der Waals surface area contributed by atoms with Gasteiger partial charge in [-0.05, 0) is 25.4 Å². The number of hydrogen-bond donors (Lipinski definition) is 5. The molecule has 0 aliphatic heterocycles. The average Bonchev–Trinajstić information content (AvgIpc) is 2.47. The molecule has 0 aliphatic carbocycles. The molecule has 0 saturated heterocycles. The van der Waals surface area contributed by atoms with Crippen LogP contribution < -0.4 is 16.0 Å². The Balaban J connectivity index is 4.55. The zero-order chi connectivity index (χ0) is 17.1. The van der Waals surface area contributed by atoms with Gasteiger partial charge in [0.15, 0.2) is 0 Å². The molecule has 0 heterocycles. The summed E-state index contributed by atoms with van der Waals surface area (Å²) in [6.07, 6.45) is 2.66. The Labute approximate surface area is 132 Å². The van der Waals surface area contributed by atoms with E-state index in [2.05, 4.69) is 16.0 Å². The number of thioether (sulfide) groups is 1. The number of amides is 3. The van der Waals surface area contributed by atoms with Crippen molar-refractivity contribution in [2.24, 2.45) is 0 Å². The number of nitrogens with one attached hydrogen (secondary N) is 3. The second-order valence-electron chi connectivity index (χ2n) is 4.43. The lowest BCUT2D eigenvalue weighted by atomic mass is 10.2. The summed E-state index contributed by atoms with van der Waals surface area (Å²) in [6, 6.07) is -3.22. The van der Waals surface area contributed by atoms with Gasteiger partial charge in [0.2, 0.25) is 18.2 Å². The Kier molecular flexibility index (Phi) is 9.96. The maximum Gasteiger partial charge on any atom is 0.328 e. The van der Waals surface area contributed by atoms with Crippen LogP contribution in [0.2, 0.25) is 0 Å². The molecule has 0 saturated carbocycles. The molecule has 0 aliphatic rings. The molecule has 0 radical (unpaired) electrons. The summed E-state index contributed by atoms with van der Waals surface area (Å²) in [5.74, 6) is -2.02. The van der Waals surface area contributed by atoms with Crippen molar-refractivity contribution in [3.8, 4) is 0 Å². The van der Waals surface area contributed by atoms with E-state index < -0.39 is 42.5 Å². The van der Waals surface area contributed by atoms with Gasteiger partial charge in [-0.25, -0.2) is 4.79 Å². The summed E-state index contributed by atoms with van der Waals surface area (Å²) in [4.78, 5) is 44.9. The first-order valence-electron chi connectivity index (χ1n) is 6.50. The summed E-state index contributed by atoms with van der Waals surface area (Å²) in [7, 11) is 0. The number of carboxylic acids is 1. The van der Waals surface area contributed by atoms with Crippen LogP contribution in [-0.4, -0.2) is 71.1 Å². The largest absolute Gasteiger partial charge is 0.480 e. The van der Waals surface area contributed by atoms with Gasteiger partial charge >= 0.3 is 5.97 Å². The SMILES string of the molecule is CSCC[C@H](NC=O)C(=O)N[C@H](C)C(=O)N[C@@H](CO)C(=O)O. The molecule has 0 aromatic heterocycles. The maximum atomic E-state index is 12.0. The number of aliphatic hydroxyl groups is 1. The standard InChI is InChI=1S/C12H21N3O6S/c1-7(10(18)15-9(5-16)12(20)21)14-11(19)8(13-6-17)3-4-22-2/h6-9,16H,3-5H2,1-2H3,(H,13,17)(H,14,19)(H,15,18)(H,20,21)/t7-,8+,9+/m1/s1. The van der Waals surface area contributed by atoms with Crippen LogP contribution in [0.25, 0.3) is 0 Å². The third kappa shape index (κ3) is 7.27. The summed E-state index contributed by atoms with van der Waals surface area (Å²) in [5, 5.41) is 24.4. The Hall–Kier alpha value is -1.81. The normalized spacial score (nSPS) is 14.3. The minimum Gasteiger partial charge on any atom is -0.480 e. The van der Waals surface area contributed by atoms with Crippen molar-refractivity contribution >= 4 is 36.0 Å². The summed E-state index contributed by atoms with van der Waals surface area (Å²) < 4.78 is 0. The van der Waals surface area contributed by atoms with Gasteiger partial charge in [-0.2, -0.15) is 11.8 Å². The summed E-state index contributed by atoms with van der Waals surface area (Å²) in [6.45, 7) is 0.612. The van der Waals surface area contributed by atoms with E-state index >= 15 is 0 Å². The Morgan fingerprint density at radius 2 is 1.82 bits per heavy atom. The van der Waals surface area contributed by atoms with E-state index in [0.29, 0.717) is 18.6 Å². The molecule has 10 heteroatoms. The monoisotopic (exact) mass is 335 g/mol. The molecule has 9 nitrogen and oxygen atoms in total. The zero-order valence-electron chi connectivity index (χ0n) is 12.4. The van der Waals surface area contributed by atoms with Crippen molar-refractivity contribution in [1.82, 2.24) is 16.0 Å². The van der Waals surface area contributed by atoms with Crippen molar-refractivity contribution in [3.63, 3.8) is 0 Å². The second-order valence-corrected chi connectivity index (χ2v) is 5.42. The molecule has 126 valence electrons. The number of hydrogen-bond acceptors (Lipinski definition) is 6. The number of carbonyl (C=O) groups excluding carboxylic acids is 3. The van der Waals surface area contributed by atoms with Crippen molar-refractivity contribution < 1.29 is 29.4 Å². The first-order chi connectivity index (χ1) is 10.4. The van der Waals surface area contributed by atoms with E-state index in [1.54, 1.807) is 0 Å². The van der Waals surface area contributed by atoms with Gasteiger partial charge in [-0.15, -0.1) is 0 Å². The molecule has 0 aromatic carbocycles. The predicted octanol–water partition coefficient (Wildman–Crippen LogP) is -2.08. The molecule has 3 atom stereocenters. The molecule has 3 amide bonds. The number of aliphatic hydroxyl groups excluding tert-OH is 1. The van der Waals surface area contributed by atoms with Gasteiger partial charge in [0.1, 0.15) is 18.1 Å². The highest BCUT2D eigenvalue weighted by molar-refractivity contribution is 7.98. The van der Waals surface area contributed by atoms with E-state index in [4.69, 9.17) is 10.2 Å².